The number of hydrogen-bond donors (Lipinski definition) is 1. The second-order valence-electron chi connectivity index (χ2n) is 6.46. The number of nitrogens with zero attached hydrogens (tertiary/aromatic N) is 1. The van der Waals surface area contributed by atoms with Crippen molar-refractivity contribution in [2.45, 2.75) is 71.4 Å². The average molecular weight is 280 g/mol. The molecule has 3 unspecified atom stereocenters. The van der Waals surface area contributed by atoms with Gasteiger partial charge in [0.15, 0.2) is 0 Å². The Labute approximate surface area is 122 Å². The lowest BCUT2D eigenvalue weighted by Gasteiger charge is -2.43. The van der Waals surface area contributed by atoms with E-state index in [2.05, 4.69) is 19.2 Å². The molecule has 2 amide bonds. The van der Waals surface area contributed by atoms with Gasteiger partial charge < -0.3 is 10.2 Å². The molecule has 1 saturated carbocycles. The van der Waals surface area contributed by atoms with Crippen LogP contribution in [0.1, 0.15) is 59.3 Å². The van der Waals surface area contributed by atoms with Crippen LogP contribution in [0.5, 0.6) is 0 Å². The summed E-state index contributed by atoms with van der Waals surface area (Å²) in [5.41, 5.74) is 0. The number of carbonyl (C=O) groups excluding carboxylic acids is 2. The van der Waals surface area contributed by atoms with Crippen LogP contribution in [0, 0.1) is 11.8 Å². The average Bonchev–Trinajstić information content (AvgIpc) is 2.39. The standard InChI is InChI=1S/C16H28N2O2/c1-4-7-13-15(19)17-14(11(3)5-2)16(20)18(13)10-12-8-6-9-12/h11-14H,4-10H2,1-3H3,(H,17,19). The lowest BCUT2D eigenvalue weighted by atomic mass is 9.83. The highest BCUT2D eigenvalue weighted by Crippen LogP contribution is 2.30. The SMILES string of the molecule is CCCC1C(=O)NC(C(C)CC)C(=O)N1CC1CCC1. The van der Waals surface area contributed by atoms with Crippen LogP contribution in [0.4, 0.5) is 0 Å². The van der Waals surface area contributed by atoms with Crippen molar-refractivity contribution in [1.29, 1.82) is 0 Å². The predicted molar refractivity (Wildman–Crippen MR) is 79.1 cm³/mol. The van der Waals surface area contributed by atoms with Gasteiger partial charge in [0, 0.05) is 6.54 Å². The third kappa shape index (κ3) is 2.99. The van der Waals surface area contributed by atoms with Crippen molar-refractivity contribution >= 4 is 11.8 Å². The smallest absolute Gasteiger partial charge is 0.246 e. The van der Waals surface area contributed by atoms with E-state index < -0.39 is 0 Å². The molecule has 1 aliphatic heterocycles. The molecule has 0 radical (unpaired) electrons. The highest BCUT2D eigenvalue weighted by Gasteiger charge is 2.42. The van der Waals surface area contributed by atoms with Crippen molar-refractivity contribution in [3.8, 4) is 0 Å². The maximum atomic E-state index is 12.7. The zero-order valence-corrected chi connectivity index (χ0v) is 13.0. The Bertz CT molecular complexity index is 365. The number of carbonyl (C=O) groups is 2. The van der Waals surface area contributed by atoms with Crippen LogP contribution < -0.4 is 5.32 Å². The summed E-state index contributed by atoms with van der Waals surface area (Å²) in [5, 5.41) is 2.96. The van der Waals surface area contributed by atoms with Crippen LogP contribution in [-0.2, 0) is 9.59 Å². The van der Waals surface area contributed by atoms with E-state index >= 15 is 0 Å². The molecule has 1 heterocycles. The summed E-state index contributed by atoms with van der Waals surface area (Å²) in [4.78, 5) is 27.0. The summed E-state index contributed by atoms with van der Waals surface area (Å²) in [6.07, 6.45) is 6.30. The van der Waals surface area contributed by atoms with Gasteiger partial charge in [0.2, 0.25) is 11.8 Å². The van der Waals surface area contributed by atoms with E-state index in [1.165, 1.54) is 19.3 Å². The Kier molecular flexibility index (Phi) is 5.06. The van der Waals surface area contributed by atoms with E-state index in [0.29, 0.717) is 5.92 Å². The molecule has 2 fully saturated rings. The van der Waals surface area contributed by atoms with Crippen LogP contribution in [0.25, 0.3) is 0 Å². The minimum absolute atomic E-state index is 0.0519. The molecule has 1 aliphatic carbocycles. The normalized spacial score (nSPS) is 29.1. The van der Waals surface area contributed by atoms with E-state index in [-0.39, 0.29) is 29.8 Å². The largest absolute Gasteiger partial charge is 0.342 e. The fourth-order valence-corrected chi connectivity index (χ4v) is 3.14. The molecule has 20 heavy (non-hydrogen) atoms. The second kappa shape index (κ2) is 6.59. The fraction of sp³-hybridized carbons (Fsp3) is 0.875. The van der Waals surface area contributed by atoms with E-state index in [9.17, 15) is 9.59 Å². The quantitative estimate of drug-likeness (QED) is 0.812. The first-order chi connectivity index (χ1) is 9.58. The van der Waals surface area contributed by atoms with Gasteiger partial charge in [-0.25, -0.2) is 0 Å². The number of nitrogens with one attached hydrogen (secondary N) is 1. The molecule has 0 aromatic rings. The molecule has 4 nitrogen and oxygen atoms in total. The van der Waals surface area contributed by atoms with E-state index in [1.807, 2.05) is 11.8 Å². The number of amides is 2. The highest BCUT2D eigenvalue weighted by atomic mass is 16.2. The summed E-state index contributed by atoms with van der Waals surface area (Å²) in [6.45, 7) is 6.97. The predicted octanol–water partition coefficient (Wildman–Crippen LogP) is 2.33. The third-order valence-electron chi connectivity index (χ3n) is 4.98. The van der Waals surface area contributed by atoms with Crippen molar-refractivity contribution in [3.63, 3.8) is 0 Å². The molecule has 2 aliphatic rings. The molecule has 2 rings (SSSR count). The Morgan fingerprint density at radius 2 is 2.00 bits per heavy atom. The lowest BCUT2D eigenvalue weighted by molar-refractivity contribution is -0.152. The first kappa shape index (κ1) is 15.3. The number of hydrogen-bond acceptors (Lipinski definition) is 2. The summed E-state index contributed by atoms with van der Waals surface area (Å²) >= 11 is 0. The molecule has 1 N–H and O–H groups in total. The van der Waals surface area contributed by atoms with E-state index in [1.54, 1.807) is 0 Å². The summed E-state index contributed by atoms with van der Waals surface area (Å²) in [7, 11) is 0. The van der Waals surface area contributed by atoms with Crippen LogP contribution >= 0.6 is 0 Å². The summed E-state index contributed by atoms with van der Waals surface area (Å²) < 4.78 is 0. The first-order valence-corrected chi connectivity index (χ1v) is 8.19. The maximum Gasteiger partial charge on any atom is 0.246 e. The minimum Gasteiger partial charge on any atom is -0.342 e. The highest BCUT2D eigenvalue weighted by molar-refractivity contribution is 5.97. The van der Waals surface area contributed by atoms with E-state index in [0.717, 1.165) is 25.8 Å². The van der Waals surface area contributed by atoms with Crippen molar-refractivity contribution in [3.05, 3.63) is 0 Å². The van der Waals surface area contributed by atoms with E-state index in [4.69, 9.17) is 0 Å². The zero-order chi connectivity index (χ0) is 14.7. The third-order valence-corrected chi connectivity index (χ3v) is 4.98. The van der Waals surface area contributed by atoms with Crippen LogP contribution in [0.15, 0.2) is 0 Å². The molecule has 0 bridgehead atoms. The van der Waals surface area contributed by atoms with Crippen molar-refractivity contribution < 1.29 is 9.59 Å². The van der Waals surface area contributed by atoms with Gasteiger partial charge in [-0.05, 0) is 31.1 Å². The van der Waals surface area contributed by atoms with Gasteiger partial charge in [-0.1, -0.05) is 40.0 Å². The molecule has 4 heteroatoms. The molecule has 0 aromatic carbocycles. The molecule has 114 valence electrons. The summed E-state index contributed by atoms with van der Waals surface area (Å²) in [5.74, 6) is 1.01. The maximum absolute atomic E-state index is 12.7. The first-order valence-electron chi connectivity index (χ1n) is 8.19. The van der Waals surface area contributed by atoms with Gasteiger partial charge >= 0.3 is 0 Å². The van der Waals surface area contributed by atoms with Gasteiger partial charge in [0.1, 0.15) is 12.1 Å². The van der Waals surface area contributed by atoms with Gasteiger partial charge in [-0.15, -0.1) is 0 Å². The topological polar surface area (TPSA) is 49.4 Å². The van der Waals surface area contributed by atoms with Crippen molar-refractivity contribution in [2.75, 3.05) is 6.54 Å². The monoisotopic (exact) mass is 280 g/mol. The Balaban J connectivity index is 2.13. The van der Waals surface area contributed by atoms with Gasteiger partial charge in [0.25, 0.3) is 0 Å². The lowest BCUT2D eigenvalue weighted by Crippen LogP contribution is -2.65. The van der Waals surface area contributed by atoms with Crippen LogP contribution in [0.2, 0.25) is 0 Å². The minimum atomic E-state index is -0.319. The Morgan fingerprint density at radius 1 is 1.30 bits per heavy atom. The van der Waals surface area contributed by atoms with Crippen LogP contribution in [-0.4, -0.2) is 35.3 Å². The molecule has 0 spiro atoms. The van der Waals surface area contributed by atoms with Crippen LogP contribution in [0.3, 0.4) is 0 Å². The number of rotatable bonds is 6. The Hall–Kier alpha value is -1.06. The summed E-state index contributed by atoms with van der Waals surface area (Å²) in [6, 6.07) is -0.561. The van der Waals surface area contributed by atoms with Crippen molar-refractivity contribution in [2.24, 2.45) is 11.8 Å². The molecular weight excluding hydrogens is 252 g/mol. The van der Waals surface area contributed by atoms with Gasteiger partial charge in [0.05, 0.1) is 0 Å². The molecular formula is C16H28N2O2. The Morgan fingerprint density at radius 3 is 2.50 bits per heavy atom. The molecule has 0 aromatic heterocycles. The fourth-order valence-electron chi connectivity index (χ4n) is 3.14. The second-order valence-corrected chi connectivity index (χ2v) is 6.46. The van der Waals surface area contributed by atoms with Gasteiger partial charge in [-0.2, -0.15) is 0 Å². The molecule has 1 saturated heterocycles. The van der Waals surface area contributed by atoms with Crippen molar-refractivity contribution in [1.82, 2.24) is 10.2 Å². The number of piperazine rings is 1. The van der Waals surface area contributed by atoms with Gasteiger partial charge in [-0.3, -0.25) is 9.59 Å². The molecule has 3 atom stereocenters. The zero-order valence-electron chi connectivity index (χ0n) is 13.0.